The SMILES string of the molecule is CN=C(NCCC1CCCO1)NCC1CC(=O)Nc2ccccc21. The zero-order chi connectivity index (χ0) is 16.8. The maximum absolute atomic E-state index is 11.9. The minimum Gasteiger partial charge on any atom is -0.378 e. The van der Waals surface area contributed by atoms with Crippen molar-refractivity contribution in [1.29, 1.82) is 0 Å². The average molecular weight is 330 g/mol. The Bertz CT molecular complexity index is 596. The molecule has 3 N–H and O–H groups in total. The van der Waals surface area contributed by atoms with Crippen LogP contribution in [0.15, 0.2) is 29.3 Å². The summed E-state index contributed by atoms with van der Waals surface area (Å²) in [5.74, 6) is 1.00. The second kappa shape index (κ2) is 8.15. The highest BCUT2D eigenvalue weighted by Crippen LogP contribution is 2.31. The number of anilines is 1. The number of nitrogens with one attached hydrogen (secondary N) is 3. The summed E-state index contributed by atoms with van der Waals surface area (Å²) in [5.41, 5.74) is 2.10. The second-order valence-electron chi connectivity index (χ2n) is 6.34. The molecule has 1 saturated heterocycles. The third-order valence-corrected chi connectivity index (χ3v) is 4.63. The first-order valence-corrected chi connectivity index (χ1v) is 8.71. The summed E-state index contributed by atoms with van der Waals surface area (Å²) in [7, 11) is 1.77. The van der Waals surface area contributed by atoms with Gasteiger partial charge in [0.25, 0.3) is 0 Å². The normalized spacial score (nSPS) is 23.5. The van der Waals surface area contributed by atoms with Crippen LogP contribution in [0.1, 0.15) is 37.2 Å². The maximum Gasteiger partial charge on any atom is 0.225 e. The fourth-order valence-electron chi connectivity index (χ4n) is 3.35. The van der Waals surface area contributed by atoms with E-state index in [0.29, 0.717) is 19.1 Å². The number of carbonyl (C=O) groups is 1. The van der Waals surface area contributed by atoms with Gasteiger partial charge in [0, 0.05) is 44.8 Å². The van der Waals surface area contributed by atoms with Gasteiger partial charge in [-0.2, -0.15) is 0 Å². The van der Waals surface area contributed by atoms with Gasteiger partial charge >= 0.3 is 0 Å². The van der Waals surface area contributed by atoms with E-state index in [1.165, 1.54) is 12.0 Å². The molecular formula is C18H26N4O2. The molecule has 3 rings (SSSR count). The van der Waals surface area contributed by atoms with Gasteiger partial charge in [-0.3, -0.25) is 9.79 Å². The number of ether oxygens (including phenoxy) is 1. The van der Waals surface area contributed by atoms with Crippen molar-refractivity contribution in [2.24, 2.45) is 4.99 Å². The number of rotatable bonds is 5. The van der Waals surface area contributed by atoms with Gasteiger partial charge in [0.15, 0.2) is 5.96 Å². The number of carbonyl (C=O) groups excluding carboxylic acids is 1. The monoisotopic (exact) mass is 330 g/mol. The average Bonchev–Trinajstić information content (AvgIpc) is 3.11. The lowest BCUT2D eigenvalue weighted by atomic mass is 9.90. The van der Waals surface area contributed by atoms with E-state index in [1.54, 1.807) is 7.05 Å². The zero-order valence-electron chi connectivity index (χ0n) is 14.2. The third kappa shape index (κ3) is 4.26. The van der Waals surface area contributed by atoms with E-state index in [-0.39, 0.29) is 11.8 Å². The minimum absolute atomic E-state index is 0.0711. The van der Waals surface area contributed by atoms with Crippen LogP contribution in [0.5, 0.6) is 0 Å². The number of hydrogen-bond acceptors (Lipinski definition) is 3. The summed E-state index contributed by atoms with van der Waals surface area (Å²) < 4.78 is 5.63. The summed E-state index contributed by atoms with van der Waals surface area (Å²) in [6.07, 6.45) is 4.19. The Morgan fingerprint density at radius 1 is 1.38 bits per heavy atom. The van der Waals surface area contributed by atoms with Crippen LogP contribution in [0.25, 0.3) is 0 Å². The van der Waals surface area contributed by atoms with E-state index in [2.05, 4.69) is 27.0 Å². The van der Waals surface area contributed by atoms with Gasteiger partial charge in [-0.25, -0.2) is 0 Å². The van der Waals surface area contributed by atoms with Crippen LogP contribution in [0.3, 0.4) is 0 Å². The van der Waals surface area contributed by atoms with Gasteiger partial charge in [0.2, 0.25) is 5.91 Å². The number of guanidine groups is 1. The summed E-state index contributed by atoms with van der Waals surface area (Å²) in [5, 5.41) is 9.60. The highest BCUT2D eigenvalue weighted by molar-refractivity contribution is 5.94. The van der Waals surface area contributed by atoms with Crippen molar-refractivity contribution in [2.75, 3.05) is 32.1 Å². The lowest BCUT2D eigenvalue weighted by Crippen LogP contribution is -2.41. The van der Waals surface area contributed by atoms with Gasteiger partial charge in [0.05, 0.1) is 6.10 Å². The van der Waals surface area contributed by atoms with Crippen molar-refractivity contribution in [2.45, 2.75) is 37.7 Å². The van der Waals surface area contributed by atoms with Crippen LogP contribution in [0.2, 0.25) is 0 Å². The van der Waals surface area contributed by atoms with E-state index in [9.17, 15) is 4.79 Å². The zero-order valence-corrected chi connectivity index (χ0v) is 14.2. The molecule has 0 bridgehead atoms. The number of nitrogens with zero attached hydrogens (tertiary/aromatic N) is 1. The summed E-state index contributed by atoms with van der Waals surface area (Å²) in [4.78, 5) is 16.1. The smallest absolute Gasteiger partial charge is 0.225 e. The molecule has 0 spiro atoms. The Balaban J connectivity index is 1.49. The topological polar surface area (TPSA) is 74.8 Å². The molecule has 1 aromatic carbocycles. The van der Waals surface area contributed by atoms with E-state index in [0.717, 1.165) is 37.6 Å². The molecule has 6 heteroatoms. The Morgan fingerprint density at radius 2 is 2.25 bits per heavy atom. The molecule has 1 fully saturated rings. The molecule has 0 aliphatic carbocycles. The number of hydrogen-bond donors (Lipinski definition) is 3. The van der Waals surface area contributed by atoms with Gasteiger partial charge in [-0.05, 0) is 30.9 Å². The Hall–Kier alpha value is -2.08. The van der Waals surface area contributed by atoms with Gasteiger partial charge in [-0.1, -0.05) is 18.2 Å². The standard InChI is InChI=1S/C18H26N4O2/c1-19-18(20-9-8-14-5-4-10-24-14)21-12-13-11-17(23)22-16-7-3-2-6-15(13)16/h2-3,6-7,13-14H,4-5,8-12H2,1H3,(H,22,23)(H2,19,20,21). The highest BCUT2D eigenvalue weighted by Gasteiger charge is 2.24. The van der Waals surface area contributed by atoms with Gasteiger partial charge < -0.3 is 20.7 Å². The molecule has 2 heterocycles. The first-order valence-electron chi connectivity index (χ1n) is 8.71. The minimum atomic E-state index is 0.0711. The second-order valence-corrected chi connectivity index (χ2v) is 6.34. The first kappa shape index (κ1) is 16.8. The number of amides is 1. The Morgan fingerprint density at radius 3 is 3.04 bits per heavy atom. The molecule has 2 aliphatic rings. The van der Waals surface area contributed by atoms with Gasteiger partial charge in [-0.15, -0.1) is 0 Å². The molecule has 0 saturated carbocycles. The Labute approximate surface area is 143 Å². The third-order valence-electron chi connectivity index (χ3n) is 4.63. The van der Waals surface area contributed by atoms with Crippen LogP contribution in [0, 0.1) is 0 Å². The van der Waals surface area contributed by atoms with Gasteiger partial charge in [0.1, 0.15) is 0 Å². The molecule has 1 amide bonds. The molecule has 0 aromatic heterocycles. The quantitative estimate of drug-likeness (QED) is 0.569. The van der Waals surface area contributed by atoms with E-state index < -0.39 is 0 Å². The fraction of sp³-hybridized carbons (Fsp3) is 0.556. The molecule has 130 valence electrons. The van der Waals surface area contributed by atoms with E-state index >= 15 is 0 Å². The number of benzene rings is 1. The molecule has 2 atom stereocenters. The number of fused-ring (bicyclic) bond motifs is 1. The molecule has 2 aliphatic heterocycles. The predicted octanol–water partition coefficient (Wildman–Crippen LogP) is 1.85. The van der Waals surface area contributed by atoms with Crippen molar-refractivity contribution < 1.29 is 9.53 Å². The summed E-state index contributed by atoms with van der Waals surface area (Å²) in [6, 6.07) is 7.99. The molecular weight excluding hydrogens is 304 g/mol. The highest BCUT2D eigenvalue weighted by atomic mass is 16.5. The molecule has 24 heavy (non-hydrogen) atoms. The number of para-hydroxylation sites is 1. The van der Waals surface area contributed by atoms with Crippen LogP contribution < -0.4 is 16.0 Å². The predicted molar refractivity (Wildman–Crippen MR) is 95.4 cm³/mol. The summed E-state index contributed by atoms with van der Waals surface area (Å²) >= 11 is 0. The largest absolute Gasteiger partial charge is 0.378 e. The maximum atomic E-state index is 11.9. The molecule has 0 radical (unpaired) electrons. The van der Waals surface area contributed by atoms with Crippen LogP contribution >= 0.6 is 0 Å². The van der Waals surface area contributed by atoms with Crippen molar-refractivity contribution in [1.82, 2.24) is 10.6 Å². The van der Waals surface area contributed by atoms with Crippen LogP contribution in [-0.4, -0.2) is 44.7 Å². The Kier molecular flexibility index (Phi) is 5.69. The lowest BCUT2D eigenvalue weighted by molar-refractivity contribution is -0.116. The lowest BCUT2D eigenvalue weighted by Gasteiger charge is -2.26. The van der Waals surface area contributed by atoms with Crippen LogP contribution in [-0.2, 0) is 9.53 Å². The molecule has 2 unspecified atom stereocenters. The van der Waals surface area contributed by atoms with Crippen molar-refractivity contribution in [3.63, 3.8) is 0 Å². The molecule has 6 nitrogen and oxygen atoms in total. The number of aliphatic imine (C=N–C) groups is 1. The summed E-state index contributed by atoms with van der Waals surface area (Å²) in [6.45, 7) is 2.41. The first-order chi connectivity index (χ1) is 11.8. The van der Waals surface area contributed by atoms with Crippen molar-refractivity contribution in [3.05, 3.63) is 29.8 Å². The van der Waals surface area contributed by atoms with E-state index in [1.807, 2.05) is 18.2 Å². The fourth-order valence-corrected chi connectivity index (χ4v) is 3.35. The van der Waals surface area contributed by atoms with E-state index in [4.69, 9.17) is 4.74 Å². The molecule has 1 aromatic rings. The van der Waals surface area contributed by atoms with Crippen molar-refractivity contribution >= 4 is 17.6 Å². The van der Waals surface area contributed by atoms with Crippen LogP contribution in [0.4, 0.5) is 5.69 Å². The van der Waals surface area contributed by atoms with Crippen molar-refractivity contribution in [3.8, 4) is 0 Å².